The summed E-state index contributed by atoms with van der Waals surface area (Å²) in [6, 6.07) is 38.9. The molecule has 13 aromatic rings. The monoisotopic (exact) mass is 894 g/mol. The van der Waals surface area contributed by atoms with E-state index in [2.05, 4.69) is 36.4 Å². The molecule has 0 spiro atoms. The fraction of sp³-hybridized carbons (Fsp3) is 0.0149. The molecule has 2 nitrogen and oxygen atoms in total. The first-order chi connectivity index (χ1) is 41.3. The van der Waals surface area contributed by atoms with Crippen molar-refractivity contribution in [1.29, 1.82) is 0 Å². The maximum Gasteiger partial charge on any atom is 0.136 e. The first-order valence-corrected chi connectivity index (χ1v) is 22.4. The second-order valence-corrected chi connectivity index (χ2v) is 17.0. The lowest BCUT2D eigenvalue weighted by Gasteiger charge is -2.35. The van der Waals surface area contributed by atoms with Gasteiger partial charge in [0.05, 0.1) is 34.4 Å². The van der Waals surface area contributed by atoms with Gasteiger partial charge in [0.15, 0.2) is 0 Å². The molecule has 1 aliphatic carbocycles. The topological polar surface area (TPSA) is 16.4 Å². The molecule has 1 aromatic heterocycles. The molecule has 0 saturated heterocycles. The maximum atomic E-state index is 10.4. The van der Waals surface area contributed by atoms with Crippen LogP contribution < -0.4 is 4.90 Å². The molecule has 0 saturated carbocycles. The summed E-state index contributed by atoms with van der Waals surface area (Å²) in [6.07, 6.45) is 0. The Bertz CT molecular complexity index is 5090. The van der Waals surface area contributed by atoms with Gasteiger partial charge in [0.25, 0.3) is 0 Å². The summed E-state index contributed by atoms with van der Waals surface area (Å²) in [7, 11) is 0. The molecule has 12 aromatic carbocycles. The summed E-state index contributed by atoms with van der Waals surface area (Å²) in [5, 5.41) is 1.39. The molecular weight excluding hydrogens is 835 g/mol. The van der Waals surface area contributed by atoms with Gasteiger partial charge in [-0.15, -0.1) is 0 Å². The number of anilines is 3. The van der Waals surface area contributed by atoms with E-state index in [1.807, 2.05) is 121 Å². The van der Waals surface area contributed by atoms with Crippen molar-refractivity contribution < 1.29 is 27.7 Å². The zero-order chi connectivity index (χ0) is 60.3. The lowest BCUT2D eigenvalue weighted by atomic mass is 9.67. The van der Waals surface area contributed by atoms with Crippen LogP contribution in [0.2, 0.25) is 0 Å². The highest BCUT2D eigenvalue weighted by Gasteiger charge is 2.46. The van der Waals surface area contributed by atoms with E-state index in [9.17, 15) is 11.0 Å². The first-order valence-electron chi connectivity index (χ1n) is 30.9. The van der Waals surface area contributed by atoms with Crippen molar-refractivity contribution in [2.75, 3.05) is 4.90 Å². The number of benzene rings is 12. The minimum atomic E-state index is -0.922. The van der Waals surface area contributed by atoms with E-state index in [1.54, 1.807) is 4.90 Å². The van der Waals surface area contributed by atoms with Gasteiger partial charge in [-0.05, 0) is 125 Å². The Labute approximate surface area is 424 Å². The number of nitrogens with zero attached hydrogens (tertiary/aromatic N) is 1. The van der Waals surface area contributed by atoms with Crippen LogP contribution in [0.25, 0.3) is 87.6 Å². The van der Waals surface area contributed by atoms with Crippen molar-refractivity contribution in [3.63, 3.8) is 0 Å². The van der Waals surface area contributed by atoms with Crippen LogP contribution in [0, 0.1) is 0 Å². The number of fused-ring (bicyclic) bond motifs is 10. The van der Waals surface area contributed by atoms with Crippen LogP contribution >= 0.6 is 0 Å². The number of hydrogen-bond acceptors (Lipinski definition) is 2. The van der Waals surface area contributed by atoms with Gasteiger partial charge in [-0.2, -0.15) is 0 Å². The zero-order valence-corrected chi connectivity index (χ0v) is 36.4. The molecule has 0 amide bonds. The van der Waals surface area contributed by atoms with Crippen LogP contribution in [0.3, 0.4) is 0 Å². The largest absolute Gasteiger partial charge is 0.456 e. The number of hydrogen-bond donors (Lipinski definition) is 0. The summed E-state index contributed by atoms with van der Waals surface area (Å²) in [4.78, 5) is 1.70. The Balaban J connectivity index is 1.13. The summed E-state index contributed by atoms with van der Waals surface area (Å²) >= 11 is 0. The molecule has 14 rings (SSSR count). The summed E-state index contributed by atoms with van der Waals surface area (Å²) in [5.74, 6) is 0. The first kappa shape index (κ1) is 25.8. The molecule has 0 N–H and O–H groups in total. The van der Waals surface area contributed by atoms with Gasteiger partial charge in [-0.1, -0.05) is 218 Å². The van der Waals surface area contributed by atoms with Gasteiger partial charge in [-0.3, -0.25) is 0 Å². The van der Waals surface area contributed by atoms with Crippen LogP contribution in [-0.2, 0) is 5.41 Å². The number of para-hydroxylation sites is 1. The number of rotatable bonds is 7. The van der Waals surface area contributed by atoms with E-state index in [-0.39, 0.29) is 16.5 Å². The molecular formula is C67H43NO. The van der Waals surface area contributed by atoms with E-state index in [0.29, 0.717) is 16.8 Å². The van der Waals surface area contributed by atoms with Gasteiger partial charge in [-0.25, -0.2) is 0 Å². The molecule has 0 radical (unpaired) electrons. The zero-order valence-electron chi connectivity index (χ0n) is 53.4. The predicted octanol–water partition coefficient (Wildman–Crippen LogP) is 18.2. The van der Waals surface area contributed by atoms with E-state index in [0.717, 1.165) is 49.5 Å². The molecule has 0 unspecified atom stereocenters. The van der Waals surface area contributed by atoms with Crippen molar-refractivity contribution >= 4 is 71.3 Å². The SMILES string of the molecule is [2H]c1c([2H])c(N(c2ccc3c(c2)C(c2ccccc2)(c2ccccc2)c2ccccc2-3)c2cc3ccccc3c3ccccc23)c([2H])c([2H])c1-c1c([2H])c([2H])c2c([2H])c([2H])c([2H])c([2H])c2c1-c1c([2H])c([2H])c([2H])c2oc3c([2H])c([2H])c([2H])c([2H])c3c12. The second-order valence-electron chi connectivity index (χ2n) is 17.0. The molecule has 2 heteroatoms. The molecule has 0 atom stereocenters. The van der Waals surface area contributed by atoms with Crippen molar-refractivity contribution in [3.05, 3.63) is 283 Å². The lowest BCUT2D eigenvalue weighted by molar-refractivity contribution is 0.669. The third-order valence-electron chi connectivity index (χ3n) is 13.5. The fourth-order valence-corrected chi connectivity index (χ4v) is 10.6. The third kappa shape index (κ3) is 5.92. The highest BCUT2D eigenvalue weighted by atomic mass is 16.3. The average Bonchev–Trinajstić information content (AvgIpc) is 1.37. The summed E-state index contributed by atoms with van der Waals surface area (Å²) in [6.45, 7) is 0. The van der Waals surface area contributed by atoms with Crippen LogP contribution in [0.5, 0.6) is 0 Å². The molecule has 1 heterocycles. The van der Waals surface area contributed by atoms with Gasteiger partial charge >= 0.3 is 0 Å². The van der Waals surface area contributed by atoms with E-state index < -0.39 is 152 Å². The summed E-state index contributed by atoms with van der Waals surface area (Å²) < 4.78 is 166. The lowest BCUT2D eigenvalue weighted by Crippen LogP contribution is -2.28. The maximum absolute atomic E-state index is 10.4. The standard InChI is InChI=1S/C67H43NO/c1-3-20-47(21-4-1)67(48-22-5-2-6-23-48)60-31-15-13-27-55(60)56-41-39-50(43-61(56)67)68(62-42-46-19-8-9-24-51(46)54-26-11-12-28-57(54)62)49-37-34-45(35-38-49)53-40-36-44-18-7-10-25-52(44)65(53)59-30-17-33-64-66(59)58-29-14-16-32-63(58)69-64/h1-43H/i7D,10D,14D,16D,17D,18D,25D,29D,30D,32D,33D,34D,35D,36D,37D,38D,40D. The van der Waals surface area contributed by atoms with Crippen LogP contribution in [-0.4, -0.2) is 0 Å². The minimum Gasteiger partial charge on any atom is -0.456 e. The Kier molecular flexibility index (Phi) is 5.82. The molecule has 322 valence electrons. The van der Waals surface area contributed by atoms with E-state index in [1.165, 1.54) is 0 Å². The normalized spacial score (nSPS) is 16.2. The van der Waals surface area contributed by atoms with Gasteiger partial charge in [0, 0.05) is 27.5 Å². The van der Waals surface area contributed by atoms with Gasteiger partial charge in [0.2, 0.25) is 0 Å². The molecule has 0 bridgehead atoms. The molecule has 0 fully saturated rings. The highest BCUT2D eigenvalue weighted by molar-refractivity contribution is 6.18. The molecule has 0 aliphatic heterocycles. The van der Waals surface area contributed by atoms with Crippen molar-refractivity contribution in [1.82, 2.24) is 0 Å². The summed E-state index contributed by atoms with van der Waals surface area (Å²) in [5.41, 5.74) is 2.16. The van der Waals surface area contributed by atoms with Crippen LogP contribution in [0.15, 0.2) is 265 Å². The van der Waals surface area contributed by atoms with Crippen LogP contribution in [0.4, 0.5) is 17.1 Å². The second kappa shape index (κ2) is 15.6. The average molecular weight is 895 g/mol. The van der Waals surface area contributed by atoms with E-state index in [4.69, 9.17) is 16.8 Å². The highest BCUT2D eigenvalue weighted by Crippen LogP contribution is 2.57. The Morgan fingerprint density at radius 1 is 0.377 bits per heavy atom. The van der Waals surface area contributed by atoms with E-state index >= 15 is 0 Å². The molecule has 1 aliphatic rings. The Morgan fingerprint density at radius 2 is 1.03 bits per heavy atom. The minimum absolute atomic E-state index is 0.237. The third-order valence-corrected chi connectivity index (χ3v) is 13.5. The number of furan rings is 1. The quantitative estimate of drug-likeness (QED) is 0.148. The Hall–Kier alpha value is -8.98. The fourth-order valence-electron chi connectivity index (χ4n) is 10.6. The molecule has 69 heavy (non-hydrogen) atoms. The Morgan fingerprint density at radius 3 is 1.84 bits per heavy atom. The smallest absolute Gasteiger partial charge is 0.136 e. The van der Waals surface area contributed by atoms with Gasteiger partial charge < -0.3 is 9.32 Å². The van der Waals surface area contributed by atoms with Gasteiger partial charge in [0.1, 0.15) is 11.2 Å². The van der Waals surface area contributed by atoms with Crippen molar-refractivity contribution in [3.8, 4) is 33.4 Å². The predicted molar refractivity (Wildman–Crippen MR) is 289 cm³/mol. The van der Waals surface area contributed by atoms with Crippen LogP contribution in [0.1, 0.15) is 45.6 Å². The van der Waals surface area contributed by atoms with Crippen molar-refractivity contribution in [2.24, 2.45) is 0 Å². The van der Waals surface area contributed by atoms with Crippen molar-refractivity contribution in [2.45, 2.75) is 5.41 Å².